The molecule has 168 valence electrons. The first-order valence-corrected chi connectivity index (χ1v) is 9.53. The quantitative estimate of drug-likeness (QED) is 0.430. The second-order valence-electron chi connectivity index (χ2n) is 7.43. The van der Waals surface area contributed by atoms with Crippen molar-refractivity contribution in [1.82, 2.24) is 0 Å². The Morgan fingerprint density at radius 1 is 0.968 bits per heavy atom. The van der Waals surface area contributed by atoms with E-state index in [9.17, 15) is 31.1 Å². The van der Waals surface area contributed by atoms with Crippen LogP contribution in [-0.2, 0) is 26.6 Å². The maximum absolute atomic E-state index is 13.2. The average molecular weight is 446 g/mol. The van der Waals surface area contributed by atoms with Crippen molar-refractivity contribution in [3.05, 3.63) is 70.8 Å². The van der Waals surface area contributed by atoms with Crippen LogP contribution in [0.25, 0.3) is 0 Å². The van der Waals surface area contributed by atoms with Gasteiger partial charge in [0.05, 0.1) is 36.5 Å². The molecule has 0 bridgehead atoms. The minimum Gasteiger partial charge on any atom is -0.378 e. The number of aldehydes is 1. The van der Waals surface area contributed by atoms with E-state index in [0.29, 0.717) is 12.1 Å². The van der Waals surface area contributed by atoms with Gasteiger partial charge in [0.15, 0.2) is 0 Å². The van der Waals surface area contributed by atoms with Gasteiger partial charge in [0, 0.05) is 11.8 Å². The molecule has 1 aliphatic rings. The predicted molar refractivity (Wildman–Crippen MR) is 99.3 cm³/mol. The summed E-state index contributed by atoms with van der Waals surface area (Å²) in [7, 11) is 0. The van der Waals surface area contributed by atoms with E-state index in [1.165, 1.54) is 6.92 Å². The van der Waals surface area contributed by atoms with Crippen molar-refractivity contribution >= 4 is 6.29 Å². The first kappa shape index (κ1) is 23.3. The van der Waals surface area contributed by atoms with Crippen molar-refractivity contribution in [2.24, 2.45) is 5.92 Å². The van der Waals surface area contributed by atoms with Gasteiger partial charge in [0.25, 0.3) is 0 Å². The Balaban J connectivity index is 1.93. The van der Waals surface area contributed by atoms with E-state index in [0.717, 1.165) is 11.8 Å². The summed E-state index contributed by atoms with van der Waals surface area (Å²) in [4.78, 5) is 11.6. The van der Waals surface area contributed by atoms with Crippen molar-refractivity contribution in [3.8, 4) is 0 Å². The fraction of sp³-hybridized carbons (Fsp3) is 0.409. The smallest absolute Gasteiger partial charge is 0.378 e. The Morgan fingerprint density at radius 3 is 2.06 bits per heavy atom. The summed E-state index contributed by atoms with van der Waals surface area (Å²) < 4.78 is 90.3. The number of carbonyl (C=O) groups is 1. The van der Waals surface area contributed by atoms with E-state index in [2.05, 4.69) is 0 Å². The molecule has 1 heterocycles. The monoisotopic (exact) mass is 446 g/mol. The highest BCUT2D eigenvalue weighted by molar-refractivity contribution is 5.57. The SMILES string of the molecule is CC(O[C@H]1COC[C@H](C=O)[C@H]1c1ccccc1)c1cc(C(F)(F)F)cc(C(F)(F)F)c1. The Bertz CT molecular complexity index is 862. The van der Waals surface area contributed by atoms with E-state index in [4.69, 9.17) is 9.47 Å². The highest BCUT2D eigenvalue weighted by Gasteiger charge is 2.39. The van der Waals surface area contributed by atoms with Crippen LogP contribution < -0.4 is 0 Å². The number of hydrogen-bond donors (Lipinski definition) is 0. The lowest BCUT2D eigenvalue weighted by Crippen LogP contribution is -2.40. The molecule has 2 aromatic rings. The third-order valence-electron chi connectivity index (χ3n) is 5.27. The van der Waals surface area contributed by atoms with Crippen LogP contribution in [0.15, 0.2) is 48.5 Å². The van der Waals surface area contributed by atoms with Crippen molar-refractivity contribution in [3.63, 3.8) is 0 Å². The van der Waals surface area contributed by atoms with Crippen LogP contribution in [0.5, 0.6) is 0 Å². The maximum atomic E-state index is 13.2. The molecule has 1 aliphatic heterocycles. The molecular weight excluding hydrogens is 426 g/mol. The number of benzene rings is 2. The molecule has 0 spiro atoms. The van der Waals surface area contributed by atoms with E-state index < -0.39 is 47.5 Å². The first-order valence-electron chi connectivity index (χ1n) is 9.53. The molecule has 0 N–H and O–H groups in total. The van der Waals surface area contributed by atoms with Crippen LogP contribution in [0.1, 0.15) is 41.2 Å². The average Bonchev–Trinajstić information content (AvgIpc) is 2.72. The van der Waals surface area contributed by atoms with Crippen LogP contribution in [0.4, 0.5) is 26.3 Å². The molecule has 31 heavy (non-hydrogen) atoms. The van der Waals surface area contributed by atoms with Gasteiger partial charge in [0.1, 0.15) is 6.29 Å². The number of rotatable bonds is 5. The number of alkyl halides is 6. The van der Waals surface area contributed by atoms with Gasteiger partial charge in [-0.3, -0.25) is 0 Å². The van der Waals surface area contributed by atoms with Crippen molar-refractivity contribution in [2.75, 3.05) is 13.2 Å². The number of halogens is 6. The van der Waals surface area contributed by atoms with Gasteiger partial charge in [-0.25, -0.2) is 0 Å². The molecule has 0 amide bonds. The third kappa shape index (κ3) is 5.46. The van der Waals surface area contributed by atoms with E-state index >= 15 is 0 Å². The van der Waals surface area contributed by atoms with Gasteiger partial charge in [-0.15, -0.1) is 0 Å². The Labute approximate surface area is 175 Å². The van der Waals surface area contributed by atoms with Gasteiger partial charge >= 0.3 is 12.4 Å². The van der Waals surface area contributed by atoms with Crippen LogP contribution in [0.3, 0.4) is 0 Å². The van der Waals surface area contributed by atoms with Crippen molar-refractivity contribution in [2.45, 2.75) is 37.4 Å². The Morgan fingerprint density at radius 2 is 1.55 bits per heavy atom. The topological polar surface area (TPSA) is 35.5 Å². The Hall–Kier alpha value is -2.39. The van der Waals surface area contributed by atoms with Gasteiger partial charge in [-0.05, 0) is 36.2 Å². The molecule has 2 aromatic carbocycles. The summed E-state index contributed by atoms with van der Waals surface area (Å²) in [5.41, 5.74) is -2.29. The van der Waals surface area contributed by atoms with Crippen LogP contribution in [0.2, 0.25) is 0 Å². The standard InChI is InChI=1S/C22H20F6O3/c1-13(15-7-17(21(23,24)25)9-18(8-15)22(26,27)28)31-19-12-30-11-16(10-29)20(19)14-5-3-2-4-6-14/h2-10,13,16,19-20H,11-12H2,1H3/t13?,16-,19-,20+/m0/s1. The molecular formula is C22H20F6O3. The number of hydrogen-bond acceptors (Lipinski definition) is 3. The second-order valence-corrected chi connectivity index (χ2v) is 7.43. The summed E-state index contributed by atoms with van der Waals surface area (Å²) in [5.74, 6) is -0.997. The molecule has 0 radical (unpaired) electrons. The normalized spacial score (nSPS) is 23.4. The van der Waals surface area contributed by atoms with Gasteiger partial charge in [-0.1, -0.05) is 30.3 Å². The largest absolute Gasteiger partial charge is 0.416 e. The lowest BCUT2D eigenvalue weighted by atomic mass is 9.81. The summed E-state index contributed by atoms with van der Waals surface area (Å²) >= 11 is 0. The summed E-state index contributed by atoms with van der Waals surface area (Å²) in [5, 5.41) is 0. The molecule has 3 nitrogen and oxygen atoms in total. The molecule has 1 saturated heterocycles. The molecule has 0 saturated carbocycles. The predicted octanol–water partition coefficient (Wildman–Crippen LogP) is 5.80. The van der Waals surface area contributed by atoms with E-state index in [-0.39, 0.29) is 24.8 Å². The van der Waals surface area contributed by atoms with Crippen LogP contribution in [-0.4, -0.2) is 25.6 Å². The fourth-order valence-corrected chi connectivity index (χ4v) is 3.74. The summed E-state index contributed by atoms with van der Waals surface area (Å²) in [6.45, 7) is 1.58. The van der Waals surface area contributed by atoms with Gasteiger partial charge in [-0.2, -0.15) is 26.3 Å². The highest BCUT2D eigenvalue weighted by Crippen LogP contribution is 2.40. The number of ether oxygens (including phenoxy) is 2. The molecule has 1 fully saturated rings. The first-order chi connectivity index (χ1) is 14.5. The molecule has 3 rings (SSSR count). The fourth-order valence-electron chi connectivity index (χ4n) is 3.74. The molecule has 0 aromatic heterocycles. The van der Waals surface area contributed by atoms with E-state index in [1.807, 2.05) is 0 Å². The molecule has 9 heteroatoms. The van der Waals surface area contributed by atoms with Crippen molar-refractivity contribution < 1.29 is 40.6 Å². The number of carbonyl (C=O) groups excluding carboxylic acids is 1. The minimum absolute atomic E-state index is 0.0549. The van der Waals surface area contributed by atoms with Crippen LogP contribution in [0, 0.1) is 5.92 Å². The lowest BCUT2D eigenvalue weighted by molar-refractivity contribution is -0.144. The van der Waals surface area contributed by atoms with Gasteiger partial charge in [0.2, 0.25) is 0 Å². The van der Waals surface area contributed by atoms with Crippen molar-refractivity contribution in [1.29, 1.82) is 0 Å². The minimum atomic E-state index is -4.95. The molecule has 0 aliphatic carbocycles. The zero-order valence-corrected chi connectivity index (χ0v) is 16.4. The van der Waals surface area contributed by atoms with Gasteiger partial charge < -0.3 is 14.3 Å². The maximum Gasteiger partial charge on any atom is 0.416 e. The highest BCUT2D eigenvalue weighted by atomic mass is 19.4. The second kappa shape index (κ2) is 9.00. The Kier molecular flexibility index (Phi) is 6.76. The zero-order valence-electron chi connectivity index (χ0n) is 16.4. The molecule has 4 atom stereocenters. The summed E-state index contributed by atoms with van der Waals surface area (Å²) in [6.07, 6.45) is -11.0. The lowest BCUT2D eigenvalue weighted by Gasteiger charge is -2.37. The third-order valence-corrected chi connectivity index (χ3v) is 5.27. The van der Waals surface area contributed by atoms with E-state index in [1.54, 1.807) is 30.3 Å². The zero-order chi connectivity index (χ0) is 22.8. The molecule has 1 unspecified atom stereocenters. The van der Waals surface area contributed by atoms with Crippen LogP contribution >= 0.6 is 0 Å². The summed E-state index contributed by atoms with van der Waals surface area (Å²) in [6, 6.07) is 10.3.